The van der Waals surface area contributed by atoms with Gasteiger partial charge in [-0.05, 0) is 56.3 Å². The van der Waals surface area contributed by atoms with E-state index in [1.165, 1.54) is 12.0 Å². The summed E-state index contributed by atoms with van der Waals surface area (Å²) >= 11 is 0. The summed E-state index contributed by atoms with van der Waals surface area (Å²) in [6.07, 6.45) is 10.3. The minimum atomic E-state index is -0.767. The van der Waals surface area contributed by atoms with Crippen LogP contribution in [0, 0.1) is 35.5 Å². The van der Waals surface area contributed by atoms with Gasteiger partial charge in [-0.2, -0.15) is 0 Å². The molecule has 0 heterocycles. The zero-order chi connectivity index (χ0) is 17.8. The summed E-state index contributed by atoms with van der Waals surface area (Å²) in [6.45, 7) is 0. The van der Waals surface area contributed by atoms with Gasteiger partial charge in [-0.25, -0.2) is 0 Å². The number of aliphatic hydroxyl groups is 1. The second kappa shape index (κ2) is 8.19. The van der Waals surface area contributed by atoms with Crippen LogP contribution >= 0.6 is 0 Å². The zero-order valence-corrected chi connectivity index (χ0v) is 14.7. The molecule has 25 heavy (non-hydrogen) atoms. The average molecular weight is 344 g/mol. The minimum absolute atomic E-state index is 0.0607. The van der Waals surface area contributed by atoms with E-state index in [0.29, 0.717) is 24.7 Å². The maximum atomic E-state index is 12.3. The number of carbonyl (C=O) groups excluding carboxylic acids is 1. The van der Waals surface area contributed by atoms with Gasteiger partial charge in [0.2, 0.25) is 5.78 Å². The third-order valence-electron chi connectivity index (χ3n) is 6.22. The number of allylic oxidation sites excluding steroid dienone is 2. The Bertz CT molecular complexity index is 603. The molecule has 4 heteroatoms. The third-order valence-corrected chi connectivity index (χ3v) is 6.22. The molecule has 0 bridgehead atoms. The zero-order valence-electron chi connectivity index (χ0n) is 14.7. The lowest BCUT2D eigenvalue weighted by Crippen LogP contribution is -2.44. The molecule has 0 radical (unpaired) electrons. The van der Waals surface area contributed by atoms with Gasteiger partial charge >= 0.3 is 5.97 Å². The Labute approximate surface area is 149 Å². The van der Waals surface area contributed by atoms with Crippen LogP contribution in [-0.2, 0) is 9.59 Å². The monoisotopic (exact) mass is 344 g/mol. The van der Waals surface area contributed by atoms with Crippen LogP contribution in [0.5, 0.6) is 0 Å². The number of carbonyl (C=O) groups is 2. The summed E-state index contributed by atoms with van der Waals surface area (Å²) in [5.41, 5.74) is 1.32. The van der Waals surface area contributed by atoms with E-state index in [9.17, 15) is 14.7 Å². The molecule has 0 amide bonds. The standard InChI is InChI=1S/C21H28O4/c22-19(14-5-2-1-3-6-14)11-10-17-18-13-15(7-4-8-21(24)25)16(18)9-12-20(17)23/h7,14,16-18,20,23H,1-6,8-9,12-13H2,(H,24,25)/t16-,17-,18+,20-/m0/s1. The SMILES string of the molecule is O=C(O)CCC=C1C[C@H]2[C@H](C#CC(=O)C3CCCCC3)[C@@H](O)CC[C@@H]12. The summed E-state index contributed by atoms with van der Waals surface area (Å²) in [7, 11) is 0. The van der Waals surface area contributed by atoms with E-state index in [0.717, 1.165) is 38.5 Å². The van der Waals surface area contributed by atoms with Crippen LogP contribution in [-0.4, -0.2) is 28.1 Å². The molecule has 4 nitrogen and oxygen atoms in total. The second-order valence-corrected chi connectivity index (χ2v) is 7.82. The van der Waals surface area contributed by atoms with Crippen LogP contribution in [0.3, 0.4) is 0 Å². The number of rotatable bonds is 4. The van der Waals surface area contributed by atoms with Crippen LogP contribution in [0.2, 0.25) is 0 Å². The van der Waals surface area contributed by atoms with E-state index in [-0.39, 0.29) is 24.0 Å². The summed E-state index contributed by atoms with van der Waals surface area (Å²) in [4.78, 5) is 22.9. The predicted octanol–water partition coefficient (Wildman–Crippen LogP) is 3.34. The van der Waals surface area contributed by atoms with Gasteiger partial charge < -0.3 is 10.2 Å². The molecule has 3 aliphatic rings. The van der Waals surface area contributed by atoms with Gasteiger partial charge in [0.15, 0.2) is 0 Å². The Morgan fingerprint density at radius 3 is 2.60 bits per heavy atom. The Morgan fingerprint density at radius 2 is 1.88 bits per heavy atom. The van der Waals surface area contributed by atoms with E-state index in [1.54, 1.807) is 0 Å². The maximum absolute atomic E-state index is 12.3. The summed E-state index contributed by atoms with van der Waals surface area (Å²) in [5.74, 6) is 6.02. The molecule has 3 rings (SSSR count). The average Bonchev–Trinajstić information content (AvgIpc) is 2.59. The van der Waals surface area contributed by atoms with Crippen molar-refractivity contribution in [1.29, 1.82) is 0 Å². The molecule has 0 saturated heterocycles. The van der Waals surface area contributed by atoms with E-state index in [2.05, 4.69) is 17.9 Å². The van der Waals surface area contributed by atoms with Gasteiger partial charge in [0, 0.05) is 12.3 Å². The second-order valence-electron chi connectivity index (χ2n) is 7.82. The van der Waals surface area contributed by atoms with Crippen molar-refractivity contribution in [1.82, 2.24) is 0 Å². The van der Waals surface area contributed by atoms with Gasteiger partial charge in [0.25, 0.3) is 0 Å². The van der Waals surface area contributed by atoms with Gasteiger partial charge in [0.1, 0.15) is 0 Å². The quantitative estimate of drug-likeness (QED) is 0.466. The van der Waals surface area contributed by atoms with Crippen molar-refractivity contribution >= 4 is 11.8 Å². The Morgan fingerprint density at radius 1 is 1.12 bits per heavy atom. The van der Waals surface area contributed by atoms with E-state index in [4.69, 9.17) is 5.11 Å². The van der Waals surface area contributed by atoms with Crippen LogP contribution < -0.4 is 0 Å². The van der Waals surface area contributed by atoms with Crippen molar-refractivity contribution in [3.63, 3.8) is 0 Å². The van der Waals surface area contributed by atoms with Gasteiger partial charge in [-0.15, -0.1) is 0 Å². The molecule has 3 fully saturated rings. The fourth-order valence-electron chi connectivity index (χ4n) is 4.71. The highest BCUT2D eigenvalue weighted by Gasteiger charge is 2.46. The van der Waals surface area contributed by atoms with Crippen LogP contribution in [0.15, 0.2) is 11.6 Å². The van der Waals surface area contributed by atoms with Gasteiger partial charge in [-0.1, -0.05) is 36.8 Å². The van der Waals surface area contributed by atoms with Gasteiger partial charge in [-0.3, -0.25) is 9.59 Å². The largest absolute Gasteiger partial charge is 0.481 e. The number of aliphatic hydroxyl groups excluding tert-OH is 1. The molecular formula is C21H28O4. The molecule has 0 aromatic rings. The van der Waals surface area contributed by atoms with Crippen molar-refractivity contribution in [2.75, 3.05) is 0 Å². The molecule has 3 saturated carbocycles. The number of carboxylic acid groups (broad SMARTS) is 1. The topological polar surface area (TPSA) is 74.6 Å². The van der Waals surface area contributed by atoms with Crippen molar-refractivity contribution in [3.8, 4) is 11.8 Å². The molecule has 0 aromatic carbocycles. The minimum Gasteiger partial charge on any atom is -0.481 e. The molecule has 0 spiro atoms. The molecule has 0 aliphatic heterocycles. The Hall–Kier alpha value is -1.60. The number of fused-ring (bicyclic) bond motifs is 1. The first-order valence-electron chi connectivity index (χ1n) is 9.70. The van der Waals surface area contributed by atoms with E-state index in [1.807, 2.05) is 0 Å². The fraction of sp³-hybridized carbons (Fsp3) is 0.714. The Balaban J connectivity index is 1.59. The van der Waals surface area contributed by atoms with Crippen molar-refractivity contribution in [2.24, 2.45) is 23.7 Å². The smallest absolute Gasteiger partial charge is 0.303 e. The highest BCUT2D eigenvalue weighted by atomic mass is 16.4. The van der Waals surface area contributed by atoms with Crippen LogP contribution in [0.4, 0.5) is 0 Å². The molecule has 3 aliphatic carbocycles. The number of Topliss-reactive ketones (excluding diaryl/α,β-unsaturated/α-hetero) is 1. The first-order chi connectivity index (χ1) is 12.1. The lowest BCUT2D eigenvalue weighted by atomic mass is 9.57. The van der Waals surface area contributed by atoms with Crippen LogP contribution in [0.25, 0.3) is 0 Å². The molecule has 136 valence electrons. The fourth-order valence-corrected chi connectivity index (χ4v) is 4.71. The van der Waals surface area contributed by atoms with E-state index >= 15 is 0 Å². The maximum Gasteiger partial charge on any atom is 0.303 e. The number of carboxylic acids is 1. The lowest BCUT2D eigenvalue weighted by molar-refractivity contribution is -0.136. The van der Waals surface area contributed by atoms with E-state index < -0.39 is 12.1 Å². The van der Waals surface area contributed by atoms with Crippen molar-refractivity contribution < 1.29 is 19.8 Å². The molecule has 2 N–H and O–H groups in total. The highest BCUT2D eigenvalue weighted by Crippen LogP contribution is 2.51. The molecule has 0 unspecified atom stereocenters. The van der Waals surface area contributed by atoms with Gasteiger partial charge in [0.05, 0.1) is 12.0 Å². The predicted molar refractivity (Wildman–Crippen MR) is 94.6 cm³/mol. The number of ketones is 1. The molecular weight excluding hydrogens is 316 g/mol. The Kier molecular flexibility index (Phi) is 5.96. The summed E-state index contributed by atoms with van der Waals surface area (Å²) in [6, 6.07) is 0. The first kappa shape index (κ1) is 18.2. The van der Waals surface area contributed by atoms with Crippen molar-refractivity contribution in [3.05, 3.63) is 11.6 Å². The number of hydrogen-bond donors (Lipinski definition) is 2. The lowest BCUT2D eigenvalue weighted by Gasteiger charge is -2.48. The summed E-state index contributed by atoms with van der Waals surface area (Å²) < 4.78 is 0. The van der Waals surface area contributed by atoms with Crippen molar-refractivity contribution in [2.45, 2.75) is 70.3 Å². The number of hydrogen-bond acceptors (Lipinski definition) is 3. The molecule has 4 atom stereocenters. The first-order valence-corrected chi connectivity index (χ1v) is 9.70. The summed E-state index contributed by atoms with van der Waals surface area (Å²) in [5, 5.41) is 19.1. The van der Waals surface area contributed by atoms with Crippen LogP contribution in [0.1, 0.15) is 64.2 Å². The normalized spacial score (nSPS) is 33.7. The molecule has 0 aromatic heterocycles. The highest BCUT2D eigenvalue weighted by molar-refractivity contribution is 5.97. The third kappa shape index (κ3) is 4.33. The number of aliphatic carboxylic acids is 1.